The van der Waals surface area contributed by atoms with Crippen molar-refractivity contribution in [3.63, 3.8) is 0 Å². The average Bonchev–Trinajstić information content (AvgIpc) is 2.88. The number of aromatic nitrogens is 2. The molecule has 124 valence electrons. The van der Waals surface area contributed by atoms with Gasteiger partial charge in [0.2, 0.25) is 0 Å². The standard InChI is InChI=1S/C20H23N3O/c1-20(2,3)14-10-11-18(24-5)16(12-14)21-13-19-22-15-8-6-7-9-17(15)23(19)4/h6-13H,1-5H3. The Bertz CT molecular complexity index is 901. The molecule has 4 heteroatoms. The van der Waals surface area contributed by atoms with Crippen LogP contribution in [0, 0.1) is 0 Å². The third-order valence-electron chi connectivity index (χ3n) is 4.19. The summed E-state index contributed by atoms with van der Waals surface area (Å²) < 4.78 is 7.49. The summed E-state index contributed by atoms with van der Waals surface area (Å²) in [6, 6.07) is 14.2. The van der Waals surface area contributed by atoms with E-state index in [1.807, 2.05) is 35.9 Å². The topological polar surface area (TPSA) is 39.4 Å². The third kappa shape index (κ3) is 3.04. The molecule has 0 aliphatic carbocycles. The molecule has 0 N–H and O–H groups in total. The SMILES string of the molecule is COc1ccc(C(C)(C)C)cc1N=Cc1nc2ccccc2n1C. The Labute approximate surface area is 142 Å². The van der Waals surface area contributed by atoms with E-state index in [1.54, 1.807) is 13.3 Å². The van der Waals surface area contributed by atoms with E-state index in [9.17, 15) is 0 Å². The third-order valence-corrected chi connectivity index (χ3v) is 4.19. The first-order valence-electron chi connectivity index (χ1n) is 8.04. The van der Waals surface area contributed by atoms with E-state index < -0.39 is 0 Å². The molecule has 24 heavy (non-hydrogen) atoms. The molecular formula is C20H23N3O. The number of imidazole rings is 1. The number of rotatable bonds is 3. The van der Waals surface area contributed by atoms with Crippen LogP contribution in [-0.2, 0) is 12.5 Å². The van der Waals surface area contributed by atoms with Crippen LogP contribution >= 0.6 is 0 Å². The molecule has 0 unspecified atom stereocenters. The van der Waals surface area contributed by atoms with Crippen LogP contribution in [0.25, 0.3) is 11.0 Å². The van der Waals surface area contributed by atoms with Gasteiger partial charge in [-0.25, -0.2) is 9.98 Å². The van der Waals surface area contributed by atoms with Crippen molar-refractivity contribution in [1.29, 1.82) is 0 Å². The van der Waals surface area contributed by atoms with Crippen molar-refractivity contribution in [2.75, 3.05) is 7.11 Å². The summed E-state index contributed by atoms with van der Waals surface area (Å²) in [5.41, 5.74) is 4.16. The minimum Gasteiger partial charge on any atom is -0.494 e. The summed E-state index contributed by atoms with van der Waals surface area (Å²) in [6.45, 7) is 6.56. The zero-order valence-electron chi connectivity index (χ0n) is 14.9. The van der Waals surface area contributed by atoms with Gasteiger partial charge in [0.05, 0.1) is 24.4 Å². The number of fused-ring (bicyclic) bond motifs is 1. The molecule has 0 fully saturated rings. The lowest BCUT2D eigenvalue weighted by Crippen LogP contribution is -2.10. The molecule has 0 radical (unpaired) electrons. The monoisotopic (exact) mass is 321 g/mol. The predicted molar refractivity (Wildman–Crippen MR) is 99.7 cm³/mol. The van der Waals surface area contributed by atoms with Gasteiger partial charge in [-0.05, 0) is 35.2 Å². The van der Waals surface area contributed by atoms with E-state index in [2.05, 4.69) is 48.9 Å². The van der Waals surface area contributed by atoms with Gasteiger partial charge in [-0.1, -0.05) is 39.0 Å². The van der Waals surface area contributed by atoms with Crippen molar-refractivity contribution < 1.29 is 4.74 Å². The second-order valence-electron chi connectivity index (χ2n) is 6.91. The predicted octanol–water partition coefficient (Wildman–Crippen LogP) is 4.63. The maximum absolute atomic E-state index is 5.45. The lowest BCUT2D eigenvalue weighted by Gasteiger charge is -2.20. The van der Waals surface area contributed by atoms with Gasteiger partial charge < -0.3 is 9.30 Å². The van der Waals surface area contributed by atoms with Gasteiger partial charge in [0.25, 0.3) is 0 Å². The van der Waals surface area contributed by atoms with Crippen LogP contribution in [0.4, 0.5) is 5.69 Å². The Morgan fingerprint density at radius 1 is 1.12 bits per heavy atom. The summed E-state index contributed by atoms with van der Waals surface area (Å²) in [4.78, 5) is 9.27. The van der Waals surface area contributed by atoms with Gasteiger partial charge in [-0.3, -0.25) is 0 Å². The van der Waals surface area contributed by atoms with Crippen LogP contribution in [0.15, 0.2) is 47.5 Å². The molecule has 3 aromatic rings. The van der Waals surface area contributed by atoms with Gasteiger partial charge in [-0.15, -0.1) is 0 Å². The molecule has 0 bridgehead atoms. The van der Waals surface area contributed by atoms with Crippen LogP contribution < -0.4 is 4.74 Å². The fraction of sp³-hybridized carbons (Fsp3) is 0.300. The van der Waals surface area contributed by atoms with Crippen molar-refractivity contribution in [1.82, 2.24) is 9.55 Å². The Morgan fingerprint density at radius 3 is 2.54 bits per heavy atom. The number of benzene rings is 2. The fourth-order valence-corrected chi connectivity index (χ4v) is 2.66. The minimum absolute atomic E-state index is 0.0639. The summed E-state index contributed by atoms with van der Waals surface area (Å²) >= 11 is 0. The Balaban J connectivity index is 2.02. The van der Waals surface area contributed by atoms with Crippen LogP contribution in [0.2, 0.25) is 0 Å². The number of aryl methyl sites for hydroxylation is 1. The van der Waals surface area contributed by atoms with Crippen molar-refractivity contribution >= 4 is 22.9 Å². The molecule has 4 nitrogen and oxygen atoms in total. The zero-order valence-corrected chi connectivity index (χ0v) is 14.9. The van der Waals surface area contributed by atoms with Gasteiger partial charge in [0.15, 0.2) is 5.82 Å². The van der Waals surface area contributed by atoms with Crippen molar-refractivity contribution in [3.8, 4) is 5.75 Å². The van der Waals surface area contributed by atoms with Crippen molar-refractivity contribution in [3.05, 3.63) is 53.9 Å². The number of hydrogen-bond donors (Lipinski definition) is 0. The number of nitrogens with zero attached hydrogens (tertiary/aromatic N) is 3. The number of para-hydroxylation sites is 2. The van der Waals surface area contributed by atoms with Crippen molar-refractivity contribution in [2.24, 2.45) is 12.0 Å². The molecule has 1 heterocycles. The van der Waals surface area contributed by atoms with E-state index in [0.29, 0.717) is 0 Å². The fourth-order valence-electron chi connectivity index (χ4n) is 2.66. The molecule has 0 saturated carbocycles. The second kappa shape index (κ2) is 6.11. The Morgan fingerprint density at radius 2 is 1.88 bits per heavy atom. The molecule has 0 saturated heterocycles. The molecule has 1 aromatic heterocycles. The normalized spacial score (nSPS) is 12.2. The van der Waals surface area contributed by atoms with E-state index in [1.165, 1.54) is 5.56 Å². The second-order valence-corrected chi connectivity index (χ2v) is 6.91. The molecule has 3 rings (SSSR count). The van der Waals surface area contributed by atoms with Crippen LogP contribution in [0.1, 0.15) is 32.2 Å². The lowest BCUT2D eigenvalue weighted by atomic mass is 9.87. The molecule has 0 atom stereocenters. The number of methoxy groups -OCH3 is 1. The van der Waals surface area contributed by atoms with Crippen LogP contribution in [0.3, 0.4) is 0 Å². The van der Waals surface area contributed by atoms with Crippen LogP contribution in [-0.4, -0.2) is 22.9 Å². The van der Waals surface area contributed by atoms with Crippen molar-refractivity contribution in [2.45, 2.75) is 26.2 Å². The molecule has 0 aliphatic rings. The molecule has 2 aromatic carbocycles. The maximum Gasteiger partial charge on any atom is 0.152 e. The molecular weight excluding hydrogens is 298 g/mol. The number of ether oxygens (including phenoxy) is 1. The first kappa shape index (κ1) is 16.2. The zero-order chi connectivity index (χ0) is 17.3. The Hall–Kier alpha value is -2.62. The highest BCUT2D eigenvalue weighted by Crippen LogP contribution is 2.33. The van der Waals surface area contributed by atoms with E-state index in [0.717, 1.165) is 28.3 Å². The highest BCUT2D eigenvalue weighted by atomic mass is 16.5. The van der Waals surface area contributed by atoms with E-state index in [-0.39, 0.29) is 5.41 Å². The maximum atomic E-state index is 5.45. The molecule has 0 amide bonds. The van der Waals surface area contributed by atoms with Crippen LogP contribution in [0.5, 0.6) is 5.75 Å². The summed E-state index contributed by atoms with van der Waals surface area (Å²) in [5.74, 6) is 1.58. The molecule has 0 aliphatic heterocycles. The largest absolute Gasteiger partial charge is 0.494 e. The summed E-state index contributed by atoms with van der Waals surface area (Å²) in [6.07, 6.45) is 1.80. The minimum atomic E-state index is 0.0639. The number of aliphatic imine (C=N–C) groups is 1. The quantitative estimate of drug-likeness (QED) is 0.660. The van der Waals surface area contributed by atoms with Gasteiger partial charge in [0.1, 0.15) is 11.4 Å². The highest BCUT2D eigenvalue weighted by Gasteiger charge is 2.15. The lowest BCUT2D eigenvalue weighted by molar-refractivity contribution is 0.415. The van der Waals surface area contributed by atoms with E-state index >= 15 is 0 Å². The smallest absolute Gasteiger partial charge is 0.152 e. The summed E-state index contributed by atoms with van der Waals surface area (Å²) in [5, 5.41) is 0. The first-order chi connectivity index (χ1) is 11.4. The van der Waals surface area contributed by atoms with E-state index in [4.69, 9.17) is 4.74 Å². The van der Waals surface area contributed by atoms with Gasteiger partial charge >= 0.3 is 0 Å². The average molecular weight is 321 g/mol. The Kier molecular flexibility index (Phi) is 4.14. The van der Waals surface area contributed by atoms with Gasteiger partial charge in [0, 0.05) is 7.05 Å². The highest BCUT2D eigenvalue weighted by molar-refractivity contribution is 5.86. The van der Waals surface area contributed by atoms with Gasteiger partial charge in [-0.2, -0.15) is 0 Å². The first-order valence-corrected chi connectivity index (χ1v) is 8.04. The number of hydrogen-bond acceptors (Lipinski definition) is 3. The molecule has 0 spiro atoms. The summed E-state index contributed by atoms with van der Waals surface area (Å²) in [7, 11) is 3.67.